The third-order valence-electron chi connectivity index (χ3n) is 4.40. The Kier molecular flexibility index (Phi) is 7.48. The molecule has 1 N–H and O–H groups in total. The third kappa shape index (κ3) is 5.84. The maximum absolute atomic E-state index is 12.8. The summed E-state index contributed by atoms with van der Waals surface area (Å²) in [4.78, 5) is 25.6. The van der Waals surface area contributed by atoms with Gasteiger partial charge in [0.25, 0.3) is 5.91 Å². The standard InChI is InChI=1S/C22H21NO5S2/c1-27-17-7-5-15(6-8-17)9-11-23-21(26)19(30-22(23)29)14-16-3-2-4-18(13-16)28-12-10-20(24)25/h2-8,13-14H,9-12H2,1H3,(H,24,25)/b19-14+. The third-order valence-corrected chi connectivity index (χ3v) is 5.78. The predicted octanol–water partition coefficient (Wildman–Crippen LogP) is 3.99. The molecule has 1 aliphatic rings. The van der Waals surface area contributed by atoms with Gasteiger partial charge < -0.3 is 14.6 Å². The van der Waals surface area contributed by atoms with Crippen LogP contribution in [0.25, 0.3) is 6.08 Å². The SMILES string of the molecule is COc1ccc(CCN2C(=O)/C(=C\c3cccc(OCCC(=O)O)c3)SC2=S)cc1. The van der Waals surface area contributed by atoms with E-state index in [9.17, 15) is 9.59 Å². The first-order chi connectivity index (χ1) is 14.5. The quantitative estimate of drug-likeness (QED) is 0.464. The zero-order valence-electron chi connectivity index (χ0n) is 16.4. The number of hydrogen-bond acceptors (Lipinski definition) is 6. The molecule has 0 aromatic heterocycles. The molecule has 6 nitrogen and oxygen atoms in total. The highest BCUT2D eigenvalue weighted by Crippen LogP contribution is 2.33. The summed E-state index contributed by atoms with van der Waals surface area (Å²) in [6.45, 7) is 0.596. The van der Waals surface area contributed by atoms with Crippen LogP contribution in [0.4, 0.5) is 0 Å². The number of thioether (sulfide) groups is 1. The largest absolute Gasteiger partial charge is 0.497 e. The maximum atomic E-state index is 12.8. The van der Waals surface area contributed by atoms with Crippen molar-refractivity contribution in [3.05, 3.63) is 64.6 Å². The number of benzene rings is 2. The smallest absolute Gasteiger partial charge is 0.306 e. The van der Waals surface area contributed by atoms with E-state index in [1.165, 1.54) is 11.8 Å². The van der Waals surface area contributed by atoms with E-state index >= 15 is 0 Å². The van der Waals surface area contributed by atoms with Crippen LogP contribution in [-0.4, -0.2) is 46.5 Å². The van der Waals surface area contributed by atoms with Gasteiger partial charge in [0.2, 0.25) is 0 Å². The molecule has 8 heteroatoms. The first kappa shape index (κ1) is 21.9. The minimum absolute atomic E-state index is 0.0723. The van der Waals surface area contributed by atoms with Crippen molar-refractivity contribution in [2.24, 2.45) is 0 Å². The Hall–Kier alpha value is -2.84. The number of aliphatic carboxylic acids is 1. The van der Waals surface area contributed by atoms with Crippen LogP contribution in [0.15, 0.2) is 53.4 Å². The van der Waals surface area contributed by atoms with E-state index in [1.807, 2.05) is 30.3 Å². The van der Waals surface area contributed by atoms with Gasteiger partial charge in [0.15, 0.2) is 0 Å². The van der Waals surface area contributed by atoms with Gasteiger partial charge in [-0.2, -0.15) is 0 Å². The molecule has 1 aliphatic heterocycles. The van der Waals surface area contributed by atoms with Crippen LogP contribution in [-0.2, 0) is 16.0 Å². The van der Waals surface area contributed by atoms with Gasteiger partial charge in [-0.3, -0.25) is 14.5 Å². The Balaban J connectivity index is 1.63. The van der Waals surface area contributed by atoms with E-state index in [4.69, 9.17) is 26.8 Å². The fourth-order valence-corrected chi connectivity index (χ4v) is 4.14. The number of carbonyl (C=O) groups is 2. The number of thiocarbonyl (C=S) groups is 1. The second-order valence-electron chi connectivity index (χ2n) is 6.50. The second kappa shape index (κ2) is 10.3. The van der Waals surface area contributed by atoms with Gasteiger partial charge in [-0.1, -0.05) is 48.2 Å². The molecule has 0 atom stereocenters. The number of methoxy groups -OCH3 is 1. The fourth-order valence-electron chi connectivity index (χ4n) is 2.83. The Bertz CT molecular complexity index is 972. The summed E-state index contributed by atoms with van der Waals surface area (Å²) in [5.41, 5.74) is 1.89. The van der Waals surface area contributed by atoms with Crippen molar-refractivity contribution < 1.29 is 24.2 Å². The normalized spacial score (nSPS) is 15.0. The lowest BCUT2D eigenvalue weighted by Gasteiger charge is -2.14. The number of hydrogen-bond donors (Lipinski definition) is 1. The maximum Gasteiger partial charge on any atom is 0.306 e. The van der Waals surface area contributed by atoms with Crippen LogP contribution in [0.3, 0.4) is 0 Å². The van der Waals surface area contributed by atoms with Gasteiger partial charge in [0.05, 0.1) is 25.0 Å². The first-order valence-electron chi connectivity index (χ1n) is 9.29. The number of nitrogens with zero attached hydrogens (tertiary/aromatic N) is 1. The molecule has 0 aliphatic carbocycles. The average Bonchev–Trinajstić information content (AvgIpc) is 2.99. The number of rotatable bonds is 9. The van der Waals surface area contributed by atoms with Crippen LogP contribution in [0.5, 0.6) is 11.5 Å². The second-order valence-corrected chi connectivity index (χ2v) is 8.17. The van der Waals surface area contributed by atoms with Crippen molar-refractivity contribution in [1.29, 1.82) is 0 Å². The van der Waals surface area contributed by atoms with E-state index < -0.39 is 5.97 Å². The van der Waals surface area contributed by atoms with Gasteiger partial charge in [-0.15, -0.1) is 0 Å². The van der Waals surface area contributed by atoms with Gasteiger partial charge in [-0.05, 0) is 47.9 Å². The zero-order chi connectivity index (χ0) is 21.5. The zero-order valence-corrected chi connectivity index (χ0v) is 18.0. The summed E-state index contributed by atoms with van der Waals surface area (Å²) in [6, 6.07) is 14.9. The van der Waals surface area contributed by atoms with Gasteiger partial charge >= 0.3 is 5.97 Å². The minimum Gasteiger partial charge on any atom is -0.497 e. The van der Waals surface area contributed by atoms with Gasteiger partial charge in [0.1, 0.15) is 15.8 Å². The number of ether oxygens (including phenoxy) is 2. The molecular formula is C22H21NO5S2. The highest BCUT2D eigenvalue weighted by atomic mass is 32.2. The summed E-state index contributed by atoms with van der Waals surface area (Å²) in [5, 5.41) is 8.70. The molecule has 156 valence electrons. The van der Waals surface area contributed by atoms with Crippen LogP contribution in [0, 0.1) is 0 Å². The minimum atomic E-state index is -0.913. The van der Waals surface area contributed by atoms with Crippen molar-refractivity contribution >= 4 is 46.3 Å². The molecule has 2 aromatic rings. The average molecular weight is 444 g/mol. The molecule has 30 heavy (non-hydrogen) atoms. The molecule has 0 radical (unpaired) electrons. The molecule has 0 saturated carbocycles. The molecular weight excluding hydrogens is 422 g/mol. The lowest BCUT2D eigenvalue weighted by molar-refractivity contribution is -0.137. The molecule has 0 unspecified atom stereocenters. The molecule has 1 heterocycles. The highest BCUT2D eigenvalue weighted by molar-refractivity contribution is 8.26. The molecule has 1 amide bonds. The number of carboxylic acid groups (broad SMARTS) is 1. The molecule has 2 aromatic carbocycles. The lowest BCUT2D eigenvalue weighted by Crippen LogP contribution is -2.30. The molecule has 0 spiro atoms. The first-order valence-corrected chi connectivity index (χ1v) is 10.5. The van der Waals surface area contributed by atoms with E-state index in [1.54, 1.807) is 36.3 Å². The van der Waals surface area contributed by atoms with Crippen molar-refractivity contribution in [3.8, 4) is 11.5 Å². The van der Waals surface area contributed by atoms with Crippen LogP contribution >= 0.6 is 24.0 Å². The molecule has 3 rings (SSSR count). The van der Waals surface area contributed by atoms with E-state index in [-0.39, 0.29) is 18.9 Å². The topological polar surface area (TPSA) is 76.1 Å². The molecule has 1 fully saturated rings. The Morgan fingerprint density at radius 2 is 1.97 bits per heavy atom. The van der Waals surface area contributed by atoms with Crippen LogP contribution < -0.4 is 9.47 Å². The van der Waals surface area contributed by atoms with Crippen molar-refractivity contribution in [2.75, 3.05) is 20.3 Å². The van der Waals surface area contributed by atoms with Crippen molar-refractivity contribution in [1.82, 2.24) is 4.90 Å². The van der Waals surface area contributed by atoms with E-state index in [0.29, 0.717) is 27.9 Å². The van der Waals surface area contributed by atoms with E-state index in [2.05, 4.69) is 0 Å². The highest BCUT2D eigenvalue weighted by Gasteiger charge is 2.31. The number of carbonyl (C=O) groups excluding carboxylic acids is 1. The van der Waals surface area contributed by atoms with E-state index in [0.717, 1.165) is 16.9 Å². The number of amides is 1. The summed E-state index contributed by atoms with van der Waals surface area (Å²) >= 11 is 6.68. The van der Waals surface area contributed by atoms with Crippen LogP contribution in [0.2, 0.25) is 0 Å². The van der Waals surface area contributed by atoms with Crippen molar-refractivity contribution in [3.63, 3.8) is 0 Å². The number of carboxylic acids is 1. The lowest BCUT2D eigenvalue weighted by atomic mass is 10.1. The Labute approximate surface area is 184 Å². The summed E-state index contributed by atoms with van der Waals surface area (Å²) in [6.07, 6.45) is 2.39. The van der Waals surface area contributed by atoms with Crippen molar-refractivity contribution in [2.45, 2.75) is 12.8 Å². The van der Waals surface area contributed by atoms with Gasteiger partial charge in [0, 0.05) is 6.54 Å². The molecule has 0 bridgehead atoms. The molecule has 1 saturated heterocycles. The summed E-state index contributed by atoms with van der Waals surface area (Å²) < 4.78 is 11.1. The Morgan fingerprint density at radius 3 is 2.67 bits per heavy atom. The fraction of sp³-hybridized carbons (Fsp3) is 0.227. The Morgan fingerprint density at radius 1 is 1.20 bits per heavy atom. The monoisotopic (exact) mass is 443 g/mol. The van der Waals surface area contributed by atoms with Crippen LogP contribution in [0.1, 0.15) is 17.5 Å². The summed E-state index contributed by atoms with van der Waals surface area (Å²) in [5.74, 6) is 0.321. The predicted molar refractivity (Wildman–Crippen MR) is 121 cm³/mol. The summed E-state index contributed by atoms with van der Waals surface area (Å²) in [7, 11) is 1.62. The van der Waals surface area contributed by atoms with Gasteiger partial charge in [-0.25, -0.2) is 0 Å².